The van der Waals surface area contributed by atoms with Crippen molar-refractivity contribution < 1.29 is 0 Å². The maximum absolute atomic E-state index is 9.20. The summed E-state index contributed by atoms with van der Waals surface area (Å²) in [7, 11) is 0. The molecule has 0 spiro atoms. The molecule has 8 heteroatoms. The van der Waals surface area contributed by atoms with Gasteiger partial charge in [-0.1, -0.05) is 23.5 Å². The van der Waals surface area contributed by atoms with Gasteiger partial charge in [0.2, 0.25) is 0 Å². The van der Waals surface area contributed by atoms with Gasteiger partial charge in [0.25, 0.3) is 0 Å². The molecule has 1 aromatic carbocycles. The maximum atomic E-state index is 9.20. The number of benzene rings is 1. The Morgan fingerprint density at radius 1 is 1.15 bits per heavy atom. The van der Waals surface area contributed by atoms with Crippen molar-refractivity contribution in [3.63, 3.8) is 0 Å². The smallest absolute Gasteiger partial charge is 0.190 e. The Balaban J connectivity index is 1.79. The average molecular weight is 373 g/mol. The lowest BCUT2D eigenvalue weighted by Crippen LogP contribution is -1.95. The van der Waals surface area contributed by atoms with E-state index in [1.807, 2.05) is 44.2 Å². The Kier molecular flexibility index (Phi) is 4.36. The van der Waals surface area contributed by atoms with Gasteiger partial charge < -0.3 is 5.32 Å². The zero-order chi connectivity index (χ0) is 18.8. The number of pyridine rings is 1. The number of aryl methyl sites for hydroxylation is 2. The fraction of sp³-hybridized carbons (Fsp3) is 0.105. The first-order valence-corrected chi connectivity index (χ1v) is 9.03. The number of hydrogen-bond acceptors (Lipinski definition) is 7. The van der Waals surface area contributed by atoms with E-state index in [4.69, 9.17) is 4.98 Å². The van der Waals surface area contributed by atoms with Crippen LogP contribution in [0.2, 0.25) is 0 Å². The largest absolute Gasteiger partial charge is 0.316 e. The second kappa shape index (κ2) is 6.97. The van der Waals surface area contributed by atoms with E-state index >= 15 is 0 Å². The van der Waals surface area contributed by atoms with Crippen LogP contribution in [0.25, 0.3) is 16.3 Å². The van der Waals surface area contributed by atoms with Gasteiger partial charge >= 0.3 is 0 Å². The van der Waals surface area contributed by atoms with Gasteiger partial charge in [-0.3, -0.25) is 0 Å². The number of nitrogens with zero attached hydrogens (tertiary/aromatic N) is 6. The van der Waals surface area contributed by atoms with Crippen molar-refractivity contribution in [2.45, 2.75) is 13.8 Å². The summed E-state index contributed by atoms with van der Waals surface area (Å²) < 4.78 is 1.67. The van der Waals surface area contributed by atoms with Crippen LogP contribution in [-0.4, -0.2) is 24.7 Å². The maximum Gasteiger partial charge on any atom is 0.190 e. The lowest BCUT2D eigenvalue weighted by Gasteiger charge is -2.04. The predicted octanol–water partition coefficient (Wildman–Crippen LogP) is 4.02. The van der Waals surface area contributed by atoms with Crippen molar-refractivity contribution >= 4 is 22.3 Å². The van der Waals surface area contributed by atoms with Gasteiger partial charge in [0.1, 0.15) is 29.2 Å². The molecule has 0 bridgehead atoms. The highest BCUT2D eigenvalue weighted by Crippen LogP contribution is 2.35. The molecule has 0 saturated carbocycles. The number of rotatable bonds is 4. The molecule has 0 unspecified atom stereocenters. The highest BCUT2D eigenvalue weighted by molar-refractivity contribution is 7.18. The van der Waals surface area contributed by atoms with E-state index in [0.717, 1.165) is 33.3 Å². The number of hydrogen-bond donors (Lipinski definition) is 1. The molecule has 3 heterocycles. The minimum atomic E-state index is 0.579. The molecule has 0 radical (unpaired) electrons. The summed E-state index contributed by atoms with van der Waals surface area (Å²) in [6.07, 6.45) is 3.11. The van der Waals surface area contributed by atoms with Gasteiger partial charge in [-0.15, -0.1) is 0 Å². The van der Waals surface area contributed by atoms with E-state index in [0.29, 0.717) is 10.7 Å². The van der Waals surface area contributed by atoms with Gasteiger partial charge in [-0.25, -0.2) is 19.6 Å². The summed E-state index contributed by atoms with van der Waals surface area (Å²) in [5, 5.41) is 18.2. The van der Waals surface area contributed by atoms with Crippen molar-refractivity contribution in [2.24, 2.45) is 0 Å². The predicted molar refractivity (Wildman–Crippen MR) is 104 cm³/mol. The lowest BCUT2D eigenvalue weighted by atomic mass is 10.1. The van der Waals surface area contributed by atoms with Gasteiger partial charge in [-0.2, -0.15) is 10.4 Å². The molecule has 27 heavy (non-hydrogen) atoms. The molecule has 7 nitrogen and oxygen atoms in total. The Bertz CT molecular complexity index is 1120. The first-order chi connectivity index (χ1) is 13.1. The van der Waals surface area contributed by atoms with Crippen LogP contribution in [-0.2, 0) is 0 Å². The zero-order valence-corrected chi connectivity index (χ0v) is 15.5. The van der Waals surface area contributed by atoms with Gasteiger partial charge in [-0.05, 0) is 43.7 Å². The summed E-state index contributed by atoms with van der Waals surface area (Å²) in [5.74, 6) is 0.740. The number of thiazole rings is 1. The van der Waals surface area contributed by atoms with E-state index in [-0.39, 0.29) is 0 Å². The zero-order valence-electron chi connectivity index (χ0n) is 14.7. The first-order valence-electron chi connectivity index (χ1n) is 8.21. The molecular formula is C19H15N7S. The molecule has 0 aliphatic rings. The van der Waals surface area contributed by atoms with Gasteiger partial charge in [0.15, 0.2) is 5.13 Å². The lowest BCUT2D eigenvalue weighted by molar-refractivity contribution is 0.895. The van der Waals surface area contributed by atoms with Gasteiger partial charge in [0.05, 0.1) is 11.6 Å². The molecule has 0 aliphatic carbocycles. The van der Waals surface area contributed by atoms with Crippen LogP contribution in [0.4, 0.5) is 10.9 Å². The molecule has 0 fully saturated rings. The second-order valence-corrected chi connectivity index (χ2v) is 6.98. The fourth-order valence-corrected chi connectivity index (χ4v) is 3.70. The summed E-state index contributed by atoms with van der Waals surface area (Å²) in [6, 6.07) is 13.5. The molecule has 3 aromatic heterocycles. The molecule has 1 N–H and O–H groups in total. The van der Waals surface area contributed by atoms with Crippen LogP contribution in [0.15, 0.2) is 49.1 Å². The Labute approximate surface area is 160 Å². The monoisotopic (exact) mass is 373 g/mol. The van der Waals surface area contributed by atoms with Crippen molar-refractivity contribution in [2.75, 3.05) is 5.32 Å². The van der Waals surface area contributed by atoms with Crippen LogP contribution >= 0.6 is 11.3 Å². The van der Waals surface area contributed by atoms with Crippen LogP contribution < -0.4 is 5.32 Å². The van der Waals surface area contributed by atoms with Crippen molar-refractivity contribution in [1.82, 2.24) is 24.7 Å². The minimum Gasteiger partial charge on any atom is -0.316 e. The Morgan fingerprint density at radius 2 is 2.04 bits per heavy atom. The van der Waals surface area contributed by atoms with E-state index in [2.05, 4.69) is 26.5 Å². The third-order valence-electron chi connectivity index (χ3n) is 3.83. The van der Waals surface area contributed by atoms with E-state index in [1.165, 1.54) is 17.7 Å². The highest BCUT2D eigenvalue weighted by atomic mass is 32.1. The van der Waals surface area contributed by atoms with Crippen molar-refractivity contribution in [3.05, 3.63) is 65.9 Å². The fourth-order valence-electron chi connectivity index (χ4n) is 2.77. The molecule has 4 rings (SSSR count). The SMILES string of the molecule is Cc1cc(C)nc(Nc2nc(-c3cccc(C#N)c3)c(-n3cncn3)s2)c1. The van der Waals surface area contributed by atoms with Crippen molar-refractivity contribution in [1.29, 1.82) is 5.26 Å². The number of nitriles is 1. The molecule has 132 valence electrons. The average Bonchev–Trinajstić information content (AvgIpc) is 3.30. The van der Waals surface area contributed by atoms with Crippen LogP contribution in [0.5, 0.6) is 0 Å². The number of aromatic nitrogens is 5. The highest BCUT2D eigenvalue weighted by Gasteiger charge is 2.16. The first kappa shape index (κ1) is 16.9. The third kappa shape index (κ3) is 3.54. The van der Waals surface area contributed by atoms with Crippen molar-refractivity contribution in [3.8, 4) is 22.3 Å². The summed E-state index contributed by atoms with van der Waals surface area (Å²) in [4.78, 5) is 13.3. The van der Waals surface area contributed by atoms with E-state index in [9.17, 15) is 5.26 Å². The molecule has 0 saturated heterocycles. The number of nitrogens with one attached hydrogen (secondary N) is 1. The van der Waals surface area contributed by atoms with Gasteiger partial charge in [0, 0.05) is 11.3 Å². The Hall–Kier alpha value is -3.57. The van der Waals surface area contributed by atoms with E-state index in [1.54, 1.807) is 17.1 Å². The normalized spacial score (nSPS) is 10.6. The Morgan fingerprint density at radius 3 is 2.78 bits per heavy atom. The quantitative estimate of drug-likeness (QED) is 0.581. The summed E-state index contributed by atoms with van der Waals surface area (Å²) in [6.45, 7) is 3.99. The summed E-state index contributed by atoms with van der Waals surface area (Å²) in [5.41, 5.74) is 4.22. The third-order valence-corrected chi connectivity index (χ3v) is 4.79. The number of anilines is 2. The van der Waals surface area contributed by atoms with Crippen LogP contribution in [0.3, 0.4) is 0 Å². The van der Waals surface area contributed by atoms with Crippen LogP contribution in [0.1, 0.15) is 16.8 Å². The summed E-state index contributed by atoms with van der Waals surface area (Å²) >= 11 is 1.45. The standard InChI is InChI=1S/C19H15N7S/c1-12-6-13(2)23-16(7-12)24-19-25-17(15-5-3-4-14(8-15)9-20)18(27-19)26-11-21-10-22-26/h3-8,10-11H,1-2H3,(H,23,24,25). The molecular weight excluding hydrogens is 358 g/mol. The minimum absolute atomic E-state index is 0.579. The van der Waals surface area contributed by atoms with Crippen LogP contribution in [0, 0.1) is 25.2 Å². The molecule has 4 aromatic rings. The molecule has 0 atom stereocenters. The van der Waals surface area contributed by atoms with E-state index < -0.39 is 0 Å². The second-order valence-electron chi connectivity index (χ2n) is 6.00. The topological polar surface area (TPSA) is 92.3 Å². The molecule has 0 amide bonds. The molecule has 0 aliphatic heterocycles.